The van der Waals surface area contributed by atoms with Crippen LogP contribution >= 0.6 is 11.5 Å². The third kappa shape index (κ3) is 3.94. The molecular formula is C13H17N3O2S2. The van der Waals surface area contributed by atoms with Crippen molar-refractivity contribution in [2.75, 3.05) is 29.6 Å². The van der Waals surface area contributed by atoms with Gasteiger partial charge in [-0.25, -0.2) is 8.42 Å². The van der Waals surface area contributed by atoms with Gasteiger partial charge in [0.1, 0.15) is 20.7 Å². The fraction of sp³-hybridized carbons (Fsp3) is 0.308. The molecule has 0 saturated carbocycles. The minimum absolute atomic E-state index is 0.176. The number of rotatable bonds is 6. The molecule has 0 aliphatic carbocycles. The predicted octanol–water partition coefficient (Wildman–Crippen LogP) is 2.24. The monoisotopic (exact) mass is 311 g/mol. The van der Waals surface area contributed by atoms with Gasteiger partial charge in [-0.05, 0) is 23.5 Å². The minimum atomic E-state index is -2.91. The molecule has 0 saturated heterocycles. The molecule has 1 aromatic carbocycles. The first kappa shape index (κ1) is 14.8. The number of sulfone groups is 1. The summed E-state index contributed by atoms with van der Waals surface area (Å²) in [6.07, 6.45) is 1.80. The van der Waals surface area contributed by atoms with Crippen molar-refractivity contribution in [2.24, 2.45) is 0 Å². The Bertz CT molecular complexity index is 666. The molecule has 0 radical (unpaired) electrons. The highest BCUT2D eigenvalue weighted by molar-refractivity contribution is 7.90. The summed E-state index contributed by atoms with van der Waals surface area (Å²) in [5, 5.41) is 4.09. The van der Waals surface area contributed by atoms with E-state index in [4.69, 9.17) is 5.73 Å². The number of nitrogens with one attached hydrogen (secondary N) is 1. The molecule has 2 rings (SSSR count). The van der Waals surface area contributed by atoms with Gasteiger partial charge in [0.05, 0.1) is 11.3 Å². The van der Waals surface area contributed by atoms with Crippen LogP contribution in [0.4, 0.5) is 10.8 Å². The van der Waals surface area contributed by atoms with Crippen molar-refractivity contribution in [3.05, 3.63) is 30.3 Å². The van der Waals surface area contributed by atoms with E-state index in [1.54, 1.807) is 0 Å². The fourth-order valence-corrected chi connectivity index (χ4v) is 3.27. The van der Waals surface area contributed by atoms with Crippen molar-refractivity contribution < 1.29 is 8.42 Å². The first-order valence-electron chi connectivity index (χ1n) is 6.19. The first-order valence-corrected chi connectivity index (χ1v) is 9.03. The summed E-state index contributed by atoms with van der Waals surface area (Å²) in [6.45, 7) is 0.578. The van der Waals surface area contributed by atoms with Crippen LogP contribution in [0, 0.1) is 0 Å². The molecule has 5 nitrogen and oxygen atoms in total. The number of hydrogen-bond acceptors (Lipinski definition) is 6. The largest absolute Gasteiger partial charge is 0.382 e. The van der Waals surface area contributed by atoms with Gasteiger partial charge in [-0.1, -0.05) is 30.3 Å². The molecule has 0 aliphatic heterocycles. The molecule has 2 aromatic rings. The summed E-state index contributed by atoms with van der Waals surface area (Å²) in [6, 6.07) is 9.78. The molecule has 0 spiro atoms. The maximum Gasteiger partial charge on any atom is 0.147 e. The second kappa shape index (κ2) is 6.23. The number of nitrogens with zero attached hydrogens (tertiary/aromatic N) is 1. The third-order valence-corrected chi connectivity index (χ3v) is 4.61. The fourth-order valence-electron chi connectivity index (χ4n) is 1.84. The molecule has 0 unspecified atom stereocenters. The Morgan fingerprint density at radius 3 is 2.65 bits per heavy atom. The maximum absolute atomic E-state index is 11.1. The van der Waals surface area contributed by atoms with E-state index in [0.29, 0.717) is 18.8 Å². The van der Waals surface area contributed by atoms with Crippen molar-refractivity contribution >= 4 is 32.2 Å². The van der Waals surface area contributed by atoms with Crippen LogP contribution in [0.1, 0.15) is 6.42 Å². The van der Waals surface area contributed by atoms with Crippen molar-refractivity contribution in [1.82, 2.24) is 4.37 Å². The number of aromatic nitrogens is 1. The topological polar surface area (TPSA) is 85.1 Å². The Morgan fingerprint density at radius 1 is 1.30 bits per heavy atom. The van der Waals surface area contributed by atoms with E-state index >= 15 is 0 Å². The second-order valence-corrected chi connectivity index (χ2v) is 7.58. The van der Waals surface area contributed by atoms with Gasteiger partial charge in [0.25, 0.3) is 0 Å². The summed E-state index contributed by atoms with van der Waals surface area (Å²) in [7, 11) is -2.91. The zero-order valence-corrected chi connectivity index (χ0v) is 12.8. The zero-order valence-electron chi connectivity index (χ0n) is 11.2. The molecule has 0 fully saturated rings. The standard InChI is InChI=1S/C13H17N3O2S2/c1-20(17,18)9-5-8-15-13-11(12(14)16-19-13)10-6-3-2-4-7-10/h2-4,6-7,15H,5,8-9H2,1H3,(H2,14,16). The molecule has 20 heavy (non-hydrogen) atoms. The van der Waals surface area contributed by atoms with Crippen molar-refractivity contribution in [2.45, 2.75) is 6.42 Å². The highest BCUT2D eigenvalue weighted by Crippen LogP contribution is 2.36. The summed E-state index contributed by atoms with van der Waals surface area (Å²) in [4.78, 5) is 0. The van der Waals surface area contributed by atoms with Crippen LogP contribution in [-0.2, 0) is 9.84 Å². The van der Waals surface area contributed by atoms with Gasteiger partial charge in [-0.2, -0.15) is 4.37 Å². The average molecular weight is 311 g/mol. The normalized spacial score (nSPS) is 11.4. The molecule has 3 N–H and O–H groups in total. The summed E-state index contributed by atoms with van der Waals surface area (Å²) in [5.74, 6) is 0.668. The molecule has 0 atom stereocenters. The summed E-state index contributed by atoms with van der Waals surface area (Å²) < 4.78 is 26.3. The van der Waals surface area contributed by atoms with Crippen LogP contribution in [0.5, 0.6) is 0 Å². The van der Waals surface area contributed by atoms with Crippen LogP contribution < -0.4 is 11.1 Å². The van der Waals surface area contributed by atoms with E-state index < -0.39 is 9.84 Å². The SMILES string of the molecule is CS(=O)(=O)CCCNc1snc(N)c1-c1ccccc1. The average Bonchev–Trinajstić information content (AvgIpc) is 2.76. The van der Waals surface area contributed by atoms with Gasteiger partial charge in [0.2, 0.25) is 0 Å². The van der Waals surface area contributed by atoms with E-state index in [1.165, 1.54) is 17.8 Å². The van der Waals surface area contributed by atoms with E-state index in [9.17, 15) is 8.42 Å². The van der Waals surface area contributed by atoms with Gasteiger partial charge < -0.3 is 11.1 Å². The van der Waals surface area contributed by atoms with Crippen LogP contribution in [0.3, 0.4) is 0 Å². The molecule has 0 amide bonds. The second-order valence-electron chi connectivity index (χ2n) is 4.55. The van der Waals surface area contributed by atoms with Gasteiger partial charge in [-0.3, -0.25) is 0 Å². The molecular weight excluding hydrogens is 294 g/mol. The van der Waals surface area contributed by atoms with Crippen molar-refractivity contribution in [1.29, 1.82) is 0 Å². The summed E-state index contributed by atoms with van der Waals surface area (Å²) in [5.41, 5.74) is 7.80. The van der Waals surface area contributed by atoms with E-state index in [2.05, 4.69) is 9.69 Å². The number of nitrogen functional groups attached to an aromatic ring is 1. The predicted molar refractivity (Wildman–Crippen MR) is 84.8 cm³/mol. The van der Waals surface area contributed by atoms with Gasteiger partial charge in [0, 0.05) is 12.8 Å². The molecule has 0 aliphatic rings. The number of hydrogen-bond donors (Lipinski definition) is 2. The van der Waals surface area contributed by atoms with E-state index in [-0.39, 0.29) is 5.75 Å². The Morgan fingerprint density at radius 2 is 2.00 bits per heavy atom. The van der Waals surface area contributed by atoms with Crippen molar-refractivity contribution in [3.63, 3.8) is 0 Å². The lowest BCUT2D eigenvalue weighted by Gasteiger charge is -2.07. The Kier molecular flexibility index (Phi) is 4.61. The Balaban J connectivity index is 2.07. The molecule has 7 heteroatoms. The van der Waals surface area contributed by atoms with Crippen LogP contribution in [0.2, 0.25) is 0 Å². The lowest BCUT2D eigenvalue weighted by atomic mass is 10.1. The van der Waals surface area contributed by atoms with Gasteiger partial charge in [-0.15, -0.1) is 0 Å². The lowest BCUT2D eigenvalue weighted by Crippen LogP contribution is -2.09. The third-order valence-electron chi connectivity index (χ3n) is 2.76. The first-order chi connectivity index (χ1) is 9.47. The number of anilines is 2. The highest BCUT2D eigenvalue weighted by atomic mass is 32.2. The van der Waals surface area contributed by atoms with Crippen LogP contribution in [0.15, 0.2) is 30.3 Å². The lowest BCUT2D eigenvalue weighted by molar-refractivity contribution is 0.600. The van der Waals surface area contributed by atoms with Gasteiger partial charge in [0.15, 0.2) is 0 Å². The molecule has 1 heterocycles. The quantitative estimate of drug-likeness (QED) is 0.799. The summed E-state index contributed by atoms with van der Waals surface area (Å²) >= 11 is 1.29. The highest BCUT2D eigenvalue weighted by Gasteiger charge is 2.13. The van der Waals surface area contributed by atoms with Crippen LogP contribution in [-0.4, -0.2) is 31.3 Å². The Hall–Kier alpha value is -1.60. The molecule has 0 bridgehead atoms. The van der Waals surface area contributed by atoms with Crippen molar-refractivity contribution in [3.8, 4) is 11.1 Å². The van der Waals surface area contributed by atoms with E-state index in [1.807, 2.05) is 30.3 Å². The molecule has 1 aromatic heterocycles. The zero-order chi connectivity index (χ0) is 14.6. The number of nitrogens with two attached hydrogens (primary N) is 1. The smallest absolute Gasteiger partial charge is 0.147 e. The maximum atomic E-state index is 11.1. The molecule has 108 valence electrons. The van der Waals surface area contributed by atoms with Crippen LogP contribution in [0.25, 0.3) is 11.1 Å². The van der Waals surface area contributed by atoms with E-state index in [0.717, 1.165) is 16.1 Å². The minimum Gasteiger partial charge on any atom is -0.382 e. The number of benzene rings is 1. The Labute approximate surface area is 122 Å². The van der Waals surface area contributed by atoms with Gasteiger partial charge >= 0.3 is 0 Å².